The molecule has 0 saturated carbocycles. The summed E-state index contributed by atoms with van der Waals surface area (Å²) in [5.74, 6) is -0.682. The topological polar surface area (TPSA) is 55.0 Å². The van der Waals surface area contributed by atoms with Crippen LogP contribution in [-0.2, 0) is 10.8 Å². The lowest BCUT2D eigenvalue weighted by atomic mass is 10.3. The molecule has 0 spiro atoms. The van der Waals surface area contributed by atoms with Crippen molar-refractivity contribution in [1.29, 1.82) is 5.26 Å². The Morgan fingerprint density at radius 2 is 1.70 bits per heavy atom. The van der Waals surface area contributed by atoms with Gasteiger partial charge in [0.15, 0.2) is 0 Å². The second-order valence-corrected chi connectivity index (χ2v) is 9.43. The number of benzene rings is 1. The first kappa shape index (κ1) is 22.6. The van der Waals surface area contributed by atoms with Crippen molar-refractivity contribution in [2.45, 2.75) is 15.2 Å². The largest absolute Gasteiger partial charge is 0.573 e. The number of nitriles is 1. The second kappa shape index (κ2) is 7.97. The number of rotatable bonds is 4. The van der Waals surface area contributed by atoms with E-state index in [9.17, 15) is 27.0 Å². The average Bonchev–Trinajstić information content (AvgIpc) is 2.79. The van der Waals surface area contributed by atoms with Gasteiger partial charge in [-0.05, 0) is 15.9 Å². The molecule has 0 saturated heterocycles. The fraction of sp³-hybridized carbons (Fsp3) is 0.154. The number of nitrogens with zero attached hydrogens (tertiary/aromatic N) is 2. The number of alkyl halides is 6. The molecule has 2 aromatic rings. The smallest absolute Gasteiger partial charge is 0.406 e. The van der Waals surface area contributed by atoms with Crippen LogP contribution < -0.4 is 4.74 Å². The van der Waals surface area contributed by atoms with Crippen molar-refractivity contribution in [3.8, 4) is 17.5 Å². The van der Waals surface area contributed by atoms with Gasteiger partial charge >= 0.3 is 10.3 Å². The summed E-state index contributed by atoms with van der Waals surface area (Å²) in [7, 11) is -2.68. The first-order valence-electron chi connectivity index (χ1n) is 6.31. The van der Waals surface area contributed by atoms with Crippen molar-refractivity contribution in [2.24, 2.45) is 0 Å². The summed E-state index contributed by atoms with van der Waals surface area (Å²) in [4.78, 5) is -0.389. The molecule has 1 heterocycles. The fourth-order valence-electron chi connectivity index (χ4n) is 1.95. The molecule has 0 fully saturated rings. The van der Waals surface area contributed by atoms with Crippen LogP contribution in [0.2, 0.25) is 10.0 Å². The Hall–Kier alpha value is -0.700. The van der Waals surface area contributed by atoms with Gasteiger partial charge in [-0.15, -0.1) is 13.2 Å². The molecule has 0 aliphatic heterocycles. The number of hydrogen-bond acceptors (Lipinski definition) is 3. The zero-order valence-electron chi connectivity index (χ0n) is 12.3. The molecule has 0 aliphatic carbocycles. The monoisotopic (exact) mass is 546 g/mol. The number of ether oxygens (including phenoxy) is 1. The van der Waals surface area contributed by atoms with Gasteiger partial charge in [0.2, 0.25) is 0 Å². The number of halogens is 9. The highest BCUT2D eigenvalue weighted by molar-refractivity contribution is 9.10. The number of aromatic nitrogens is 1. The first-order chi connectivity index (χ1) is 12.3. The van der Waals surface area contributed by atoms with Crippen LogP contribution in [0.3, 0.4) is 0 Å². The zero-order valence-corrected chi connectivity index (χ0v) is 17.7. The van der Waals surface area contributed by atoms with E-state index >= 15 is 0 Å². The summed E-state index contributed by atoms with van der Waals surface area (Å²) in [6.07, 6.45) is -3.96. The summed E-state index contributed by atoms with van der Waals surface area (Å²) in [5, 5.41) is 8.63. The van der Waals surface area contributed by atoms with Crippen molar-refractivity contribution in [2.75, 3.05) is 0 Å². The lowest BCUT2D eigenvalue weighted by Gasteiger charge is -2.14. The van der Waals surface area contributed by atoms with Gasteiger partial charge in [0.05, 0.1) is 20.6 Å². The predicted octanol–water partition coefficient (Wildman–Crippen LogP) is 6.48. The van der Waals surface area contributed by atoms with Crippen LogP contribution in [0.1, 0.15) is 5.56 Å². The Kier molecular flexibility index (Phi) is 6.67. The minimum absolute atomic E-state index is 0.0563. The van der Waals surface area contributed by atoms with E-state index in [0.717, 1.165) is 22.9 Å². The first-order valence-corrected chi connectivity index (χ1v) is 9.76. The summed E-state index contributed by atoms with van der Waals surface area (Å²) in [6.45, 7) is 0. The quantitative estimate of drug-likeness (QED) is 0.324. The highest BCUT2D eigenvalue weighted by Crippen LogP contribution is 2.41. The Labute approximate surface area is 180 Å². The van der Waals surface area contributed by atoms with Crippen molar-refractivity contribution < 1.29 is 26.5 Å². The van der Waals surface area contributed by atoms with Crippen molar-refractivity contribution in [3.05, 3.63) is 38.5 Å². The fourth-order valence-corrected chi connectivity index (χ4v) is 4.59. The van der Waals surface area contributed by atoms with Crippen LogP contribution >= 0.6 is 62.3 Å². The Bertz CT molecular complexity index is 946. The predicted molar refractivity (Wildman–Crippen MR) is 96.8 cm³/mol. The van der Waals surface area contributed by atoms with E-state index in [-0.39, 0.29) is 30.8 Å². The van der Waals surface area contributed by atoms with E-state index in [1.807, 2.05) is 0 Å². The molecule has 14 heteroatoms. The normalized spacial score (nSPS) is 13.3. The van der Waals surface area contributed by atoms with Gasteiger partial charge in [-0.3, -0.25) is 0 Å². The maximum absolute atomic E-state index is 13.6. The molecule has 4 nitrogen and oxygen atoms in total. The lowest BCUT2D eigenvalue weighted by molar-refractivity contribution is -0.274. The third-order valence-corrected chi connectivity index (χ3v) is 6.22. The molecule has 0 amide bonds. The maximum Gasteiger partial charge on any atom is 0.573 e. The summed E-state index contributed by atoms with van der Waals surface area (Å²) in [6, 6.07) is 3.34. The summed E-state index contributed by atoms with van der Waals surface area (Å²) in [5.41, 5.74) is -0.382. The molecule has 0 radical (unpaired) electrons. The molecule has 1 unspecified atom stereocenters. The molecule has 0 N–H and O–H groups in total. The average molecular weight is 549 g/mol. The van der Waals surface area contributed by atoms with Crippen LogP contribution in [0.25, 0.3) is 5.69 Å². The molecule has 1 aromatic heterocycles. The van der Waals surface area contributed by atoms with Crippen molar-refractivity contribution in [3.63, 3.8) is 0 Å². The highest BCUT2D eigenvalue weighted by Gasteiger charge is 2.37. The van der Waals surface area contributed by atoms with Crippen LogP contribution in [-0.4, -0.2) is 19.1 Å². The molecule has 0 bridgehead atoms. The number of hydrogen-bond donors (Lipinski definition) is 0. The molecule has 1 atom stereocenters. The van der Waals surface area contributed by atoms with E-state index in [0.29, 0.717) is 0 Å². The SMILES string of the molecule is N#Cc1c(S(=O)C(F)(Cl)Cl)cn(-c2c(Cl)cc(OC(F)(F)F)cc2Cl)c1Br. The van der Waals surface area contributed by atoms with E-state index in [1.165, 1.54) is 0 Å². The van der Waals surface area contributed by atoms with Gasteiger partial charge in [0.25, 0.3) is 0 Å². The van der Waals surface area contributed by atoms with Crippen molar-refractivity contribution in [1.82, 2.24) is 4.57 Å². The molecule has 2 rings (SSSR count). The zero-order chi connectivity index (χ0) is 20.7. The Morgan fingerprint density at radius 1 is 1.19 bits per heavy atom. The minimum atomic E-state index is -4.97. The standard InChI is InChI=1S/C13H3BrCl4F4N2O2S/c14-11-6(3-23)9(27(25)12(17,18)19)4-24(11)10-7(15)1-5(2-8(10)16)26-13(20,21)22/h1-2,4H. The van der Waals surface area contributed by atoms with E-state index in [2.05, 4.69) is 20.7 Å². The van der Waals surface area contributed by atoms with Gasteiger partial charge in [0, 0.05) is 18.3 Å². The van der Waals surface area contributed by atoms with Gasteiger partial charge in [0.1, 0.15) is 32.8 Å². The highest BCUT2D eigenvalue weighted by atomic mass is 79.9. The minimum Gasteiger partial charge on any atom is -0.406 e. The van der Waals surface area contributed by atoms with E-state index in [1.54, 1.807) is 6.07 Å². The third-order valence-electron chi connectivity index (χ3n) is 2.90. The molecule has 1 aromatic carbocycles. The van der Waals surface area contributed by atoms with Gasteiger partial charge < -0.3 is 9.30 Å². The molecule has 0 aliphatic rings. The molecule has 27 heavy (non-hydrogen) atoms. The van der Waals surface area contributed by atoms with E-state index < -0.39 is 26.8 Å². The van der Waals surface area contributed by atoms with Crippen molar-refractivity contribution >= 4 is 73.1 Å². The Balaban J connectivity index is 2.65. The maximum atomic E-state index is 13.6. The lowest BCUT2D eigenvalue weighted by Crippen LogP contribution is -2.17. The third kappa shape index (κ3) is 5.02. The van der Waals surface area contributed by atoms with Crippen LogP contribution in [0, 0.1) is 11.3 Å². The summed E-state index contributed by atoms with van der Waals surface area (Å²) >= 11 is 25.4. The van der Waals surface area contributed by atoms with Crippen LogP contribution in [0.4, 0.5) is 17.6 Å². The van der Waals surface area contributed by atoms with Gasteiger partial charge in [-0.2, -0.15) is 9.65 Å². The van der Waals surface area contributed by atoms with Crippen LogP contribution in [0.15, 0.2) is 27.8 Å². The summed E-state index contributed by atoms with van der Waals surface area (Å²) < 4.78 is 64.3. The second-order valence-electron chi connectivity index (χ2n) is 4.64. The van der Waals surface area contributed by atoms with Crippen LogP contribution in [0.5, 0.6) is 5.75 Å². The van der Waals surface area contributed by atoms with Gasteiger partial charge in [-0.1, -0.05) is 46.4 Å². The van der Waals surface area contributed by atoms with Gasteiger partial charge in [-0.25, -0.2) is 4.21 Å². The molecule has 146 valence electrons. The molecular weight excluding hydrogens is 546 g/mol. The molecular formula is C13H3BrCl4F4N2O2S. The van der Waals surface area contributed by atoms with E-state index in [4.69, 9.17) is 46.4 Å². The Morgan fingerprint density at radius 3 is 2.11 bits per heavy atom.